The van der Waals surface area contributed by atoms with E-state index in [9.17, 15) is 4.39 Å². The Morgan fingerprint density at radius 1 is 1.18 bits per heavy atom. The molecule has 0 aliphatic heterocycles. The van der Waals surface area contributed by atoms with Crippen molar-refractivity contribution < 1.29 is 4.39 Å². The fraction of sp³-hybridized carbons (Fsp3) is 0.250. The van der Waals surface area contributed by atoms with Gasteiger partial charge in [0.05, 0.1) is 0 Å². The highest BCUT2D eigenvalue weighted by Gasteiger charge is 2.03. The van der Waals surface area contributed by atoms with Crippen molar-refractivity contribution in [2.24, 2.45) is 0 Å². The normalized spacial score (nSPS) is 9.73. The molecule has 0 amide bonds. The Hall–Kier alpha value is 0.0325. The van der Waals surface area contributed by atoms with Crippen LogP contribution >= 0.6 is 10.1 Å². The number of halogens is 1. The van der Waals surface area contributed by atoms with E-state index in [1.54, 1.807) is 0 Å². The average molecular weight is 184 g/mol. The maximum Gasteiger partial charge on any atom is 0.350 e. The Balaban J connectivity index is 2.66. The van der Waals surface area contributed by atoms with Crippen LogP contribution in [0.2, 0.25) is 11.6 Å². The summed E-state index contributed by atoms with van der Waals surface area (Å²) < 4.78 is 12.4. The van der Waals surface area contributed by atoms with Gasteiger partial charge in [0.25, 0.3) is 0 Å². The molecule has 0 saturated heterocycles. The standard InChI is InChI=1S/C6H5FS.2CH3.Al/c7-5-1-3-6(8)4-2-5;;;/h1-4,8H;2*1H3;/q;;;+1/p-1. The fourth-order valence-electron chi connectivity index (χ4n) is 0.785. The molecule has 0 aromatic heterocycles. The summed E-state index contributed by atoms with van der Waals surface area (Å²) in [6.45, 7) is 0. The molecule has 0 atom stereocenters. The zero-order valence-electron chi connectivity index (χ0n) is 6.67. The summed E-state index contributed by atoms with van der Waals surface area (Å²) in [5.41, 5.74) is 0. The third-order valence-corrected chi connectivity index (χ3v) is 4.43. The van der Waals surface area contributed by atoms with Crippen molar-refractivity contribution in [2.75, 3.05) is 0 Å². The molecular weight excluding hydrogens is 174 g/mol. The molecule has 1 aromatic rings. The maximum atomic E-state index is 12.4. The van der Waals surface area contributed by atoms with Crippen LogP contribution in [0.25, 0.3) is 0 Å². The summed E-state index contributed by atoms with van der Waals surface area (Å²) in [4.78, 5) is 1.19. The van der Waals surface area contributed by atoms with Crippen LogP contribution in [-0.2, 0) is 0 Å². The molecule has 58 valence electrons. The topological polar surface area (TPSA) is 0 Å². The van der Waals surface area contributed by atoms with Crippen molar-refractivity contribution >= 4 is 23.1 Å². The molecule has 0 aliphatic carbocycles. The lowest BCUT2D eigenvalue weighted by Crippen LogP contribution is -1.90. The highest BCUT2D eigenvalue weighted by atomic mass is 32.3. The Kier molecular flexibility index (Phi) is 3.45. The minimum Gasteiger partial charge on any atom is -0.224 e. The van der Waals surface area contributed by atoms with Crippen LogP contribution in [0.4, 0.5) is 4.39 Å². The molecule has 1 rings (SSSR count). The Morgan fingerprint density at radius 2 is 1.73 bits per heavy atom. The van der Waals surface area contributed by atoms with Crippen LogP contribution in [0.5, 0.6) is 0 Å². The molecule has 0 radical (unpaired) electrons. The molecule has 11 heavy (non-hydrogen) atoms. The molecule has 0 fully saturated rings. The second-order valence-electron chi connectivity index (χ2n) is 2.62. The molecule has 0 unspecified atom stereocenters. The summed E-state index contributed by atoms with van der Waals surface area (Å²) in [7, 11) is 1.88. The van der Waals surface area contributed by atoms with Gasteiger partial charge in [-0.2, -0.15) is 0 Å². The molecule has 0 N–H and O–H groups in total. The van der Waals surface area contributed by atoms with Crippen molar-refractivity contribution in [3.8, 4) is 0 Å². The Bertz CT molecular complexity index is 220. The molecule has 0 nitrogen and oxygen atoms in total. The molecule has 0 heterocycles. The van der Waals surface area contributed by atoms with Gasteiger partial charge in [0.2, 0.25) is 0 Å². The first-order valence-electron chi connectivity index (χ1n) is 3.60. The predicted molar refractivity (Wildman–Crippen MR) is 49.7 cm³/mol. The molecule has 0 aliphatic rings. The van der Waals surface area contributed by atoms with Gasteiger partial charge in [-0.1, -0.05) is 11.6 Å². The summed E-state index contributed by atoms with van der Waals surface area (Å²) in [6, 6.07) is 6.71. The van der Waals surface area contributed by atoms with Crippen LogP contribution in [0.3, 0.4) is 0 Å². The largest absolute Gasteiger partial charge is 0.350 e. The van der Waals surface area contributed by atoms with Gasteiger partial charge < -0.3 is 0 Å². The van der Waals surface area contributed by atoms with E-state index in [4.69, 9.17) is 0 Å². The van der Waals surface area contributed by atoms with Gasteiger partial charge in [-0.15, -0.1) is 0 Å². The summed E-state index contributed by atoms with van der Waals surface area (Å²) >= 11 is -0.619. The molecule has 0 spiro atoms. The monoisotopic (exact) mass is 184 g/mol. The second-order valence-corrected chi connectivity index (χ2v) is 8.96. The lowest BCUT2D eigenvalue weighted by atomic mass is 10.4. The van der Waals surface area contributed by atoms with Crippen LogP contribution in [0, 0.1) is 5.82 Å². The van der Waals surface area contributed by atoms with Crippen molar-refractivity contribution in [1.82, 2.24) is 0 Å². The highest BCUT2D eigenvalue weighted by molar-refractivity contribution is 8.25. The zero-order chi connectivity index (χ0) is 8.27. The first kappa shape index (κ1) is 9.12. The smallest absolute Gasteiger partial charge is 0.224 e. The van der Waals surface area contributed by atoms with E-state index in [1.807, 2.05) is 22.3 Å². The minimum atomic E-state index is -0.619. The van der Waals surface area contributed by atoms with E-state index in [-0.39, 0.29) is 5.82 Å². The van der Waals surface area contributed by atoms with Gasteiger partial charge in [0, 0.05) is 0 Å². The Morgan fingerprint density at radius 3 is 2.18 bits per heavy atom. The van der Waals surface area contributed by atoms with Crippen molar-refractivity contribution in [3.05, 3.63) is 30.1 Å². The van der Waals surface area contributed by atoms with Crippen LogP contribution in [0.1, 0.15) is 0 Å². The van der Waals surface area contributed by atoms with Gasteiger partial charge in [-0.3, -0.25) is 0 Å². The van der Waals surface area contributed by atoms with Gasteiger partial charge in [0.1, 0.15) is 5.82 Å². The number of hydrogen-bond donors (Lipinski definition) is 0. The molecule has 0 saturated carbocycles. The van der Waals surface area contributed by atoms with Crippen molar-refractivity contribution in [3.63, 3.8) is 0 Å². The van der Waals surface area contributed by atoms with E-state index in [2.05, 4.69) is 11.6 Å². The molecule has 3 heteroatoms. The van der Waals surface area contributed by atoms with Crippen molar-refractivity contribution in [1.29, 1.82) is 0 Å². The summed E-state index contributed by atoms with van der Waals surface area (Å²) in [5.74, 6) is 4.36. The summed E-state index contributed by atoms with van der Waals surface area (Å²) in [6.07, 6.45) is 0. The van der Waals surface area contributed by atoms with Crippen LogP contribution in [-0.4, -0.2) is 13.0 Å². The van der Waals surface area contributed by atoms with E-state index < -0.39 is 13.0 Å². The predicted octanol–water partition coefficient (Wildman–Crippen LogP) is 3.17. The number of rotatable bonds is 2. The van der Waals surface area contributed by atoms with Gasteiger partial charge in [-0.25, -0.2) is 14.5 Å². The van der Waals surface area contributed by atoms with Crippen LogP contribution in [0.15, 0.2) is 29.2 Å². The van der Waals surface area contributed by atoms with E-state index in [0.29, 0.717) is 0 Å². The molecule has 1 aromatic carbocycles. The summed E-state index contributed by atoms with van der Waals surface area (Å²) in [5, 5.41) is 0. The van der Waals surface area contributed by atoms with Crippen molar-refractivity contribution in [2.45, 2.75) is 16.5 Å². The number of hydrogen-bond acceptors (Lipinski definition) is 1. The fourth-order valence-corrected chi connectivity index (χ4v) is 3.73. The lowest BCUT2D eigenvalue weighted by molar-refractivity contribution is 0.626. The molecule has 0 bridgehead atoms. The highest BCUT2D eigenvalue weighted by Crippen LogP contribution is 2.20. The van der Waals surface area contributed by atoms with Gasteiger partial charge >= 0.3 is 13.0 Å². The van der Waals surface area contributed by atoms with Crippen LogP contribution < -0.4 is 0 Å². The lowest BCUT2D eigenvalue weighted by Gasteiger charge is -2.00. The van der Waals surface area contributed by atoms with Gasteiger partial charge in [0.15, 0.2) is 0 Å². The number of benzene rings is 1. The first-order valence-corrected chi connectivity index (χ1v) is 8.21. The Labute approximate surface area is 74.2 Å². The quantitative estimate of drug-likeness (QED) is 0.636. The maximum absolute atomic E-state index is 12.4. The third kappa shape index (κ3) is 3.29. The second kappa shape index (κ2) is 4.16. The van der Waals surface area contributed by atoms with E-state index >= 15 is 0 Å². The zero-order valence-corrected chi connectivity index (χ0v) is 8.64. The first-order chi connectivity index (χ1) is 5.18. The van der Waals surface area contributed by atoms with E-state index in [0.717, 1.165) is 0 Å². The third-order valence-electron chi connectivity index (χ3n) is 1.19. The molecular formula is C8H10AlFS. The minimum absolute atomic E-state index is 0.153. The van der Waals surface area contributed by atoms with E-state index in [1.165, 1.54) is 17.0 Å². The average Bonchev–Trinajstić information content (AvgIpc) is 1.93. The SMILES string of the molecule is [CH3][Al]([CH3])[S]c1ccc(F)cc1. The van der Waals surface area contributed by atoms with Gasteiger partial charge in [-0.05, 0) is 29.2 Å².